The zero-order valence-corrected chi connectivity index (χ0v) is 12.8. The van der Waals surface area contributed by atoms with Crippen molar-refractivity contribution in [1.29, 1.82) is 0 Å². The fourth-order valence-corrected chi connectivity index (χ4v) is 2.00. The van der Waals surface area contributed by atoms with E-state index >= 15 is 0 Å². The van der Waals surface area contributed by atoms with E-state index in [0.29, 0.717) is 10.7 Å². The van der Waals surface area contributed by atoms with Gasteiger partial charge in [0.2, 0.25) is 5.91 Å². The highest BCUT2D eigenvalue weighted by molar-refractivity contribution is 6.30. The summed E-state index contributed by atoms with van der Waals surface area (Å²) in [4.78, 5) is 35.3. The topological polar surface area (TPSA) is 73.1 Å². The van der Waals surface area contributed by atoms with E-state index in [1.807, 2.05) is 0 Å². The molecule has 1 aromatic heterocycles. The first-order chi connectivity index (χ1) is 11.2. The maximum Gasteiger partial charge on any atom is 0.406 e. The van der Waals surface area contributed by atoms with Gasteiger partial charge in [-0.3, -0.25) is 19.0 Å². The first kappa shape index (κ1) is 17.8. The molecule has 0 bridgehead atoms. The van der Waals surface area contributed by atoms with Gasteiger partial charge in [0.05, 0.1) is 0 Å². The van der Waals surface area contributed by atoms with Crippen molar-refractivity contribution in [2.24, 2.45) is 0 Å². The van der Waals surface area contributed by atoms with Crippen LogP contribution < -0.4 is 16.4 Å². The summed E-state index contributed by atoms with van der Waals surface area (Å²) in [5, 5.41) is 2.94. The number of nitrogens with one attached hydrogen (secondary N) is 1. The molecule has 128 valence electrons. The molecule has 10 heteroatoms. The monoisotopic (exact) mass is 361 g/mol. The highest BCUT2D eigenvalue weighted by Crippen LogP contribution is 2.16. The van der Waals surface area contributed by atoms with Gasteiger partial charge in [-0.2, -0.15) is 13.2 Å². The molecule has 1 N–H and O–H groups in total. The number of nitrogens with zero attached hydrogens (tertiary/aromatic N) is 2. The van der Waals surface area contributed by atoms with Gasteiger partial charge in [-0.1, -0.05) is 11.6 Å². The average Bonchev–Trinajstić information content (AvgIpc) is 2.48. The van der Waals surface area contributed by atoms with E-state index in [-0.39, 0.29) is 4.57 Å². The van der Waals surface area contributed by atoms with Gasteiger partial charge in [-0.05, 0) is 24.3 Å². The summed E-state index contributed by atoms with van der Waals surface area (Å²) in [6, 6.07) is 6.15. The molecule has 1 aromatic carbocycles. The minimum absolute atomic E-state index is 0.246. The molecule has 6 nitrogen and oxygen atoms in total. The van der Waals surface area contributed by atoms with Gasteiger partial charge in [0.1, 0.15) is 13.1 Å². The van der Waals surface area contributed by atoms with Crippen molar-refractivity contribution in [3.8, 4) is 0 Å². The van der Waals surface area contributed by atoms with Crippen LogP contribution in [0.1, 0.15) is 0 Å². The number of alkyl halides is 3. The largest absolute Gasteiger partial charge is 0.406 e. The summed E-state index contributed by atoms with van der Waals surface area (Å²) in [6.07, 6.45) is -2.86. The van der Waals surface area contributed by atoms with Gasteiger partial charge in [0.25, 0.3) is 0 Å². The molecule has 2 rings (SSSR count). The van der Waals surface area contributed by atoms with E-state index in [4.69, 9.17) is 11.6 Å². The lowest BCUT2D eigenvalue weighted by Crippen LogP contribution is -2.43. The molecule has 24 heavy (non-hydrogen) atoms. The van der Waals surface area contributed by atoms with Crippen LogP contribution in [0.4, 0.5) is 18.9 Å². The fourth-order valence-electron chi connectivity index (χ4n) is 1.87. The Balaban J connectivity index is 2.14. The average molecular weight is 362 g/mol. The van der Waals surface area contributed by atoms with Crippen LogP contribution in [0.5, 0.6) is 0 Å². The molecule has 1 heterocycles. The number of rotatable bonds is 4. The summed E-state index contributed by atoms with van der Waals surface area (Å²) < 4.78 is 37.9. The Hall–Kier alpha value is -2.55. The first-order valence-electron chi connectivity index (χ1n) is 6.58. The second-order valence-electron chi connectivity index (χ2n) is 4.83. The SMILES string of the molecule is O=C(Cn1ccn(CC(F)(F)F)c(=O)c1=O)Nc1ccc(Cl)cc1. The van der Waals surface area contributed by atoms with E-state index in [2.05, 4.69) is 5.32 Å². The van der Waals surface area contributed by atoms with Crippen LogP contribution in [-0.4, -0.2) is 21.2 Å². The van der Waals surface area contributed by atoms with E-state index in [1.165, 1.54) is 12.1 Å². The highest BCUT2D eigenvalue weighted by Gasteiger charge is 2.28. The van der Waals surface area contributed by atoms with Crippen LogP contribution in [0.15, 0.2) is 46.2 Å². The van der Waals surface area contributed by atoms with Crippen LogP contribution in [0.2, 0.25) is 5.02 Å². The van der Waals surface area contributed by atoms with Gasteiger partial charge < -0.3 is 9.88 Å². The Morgan fingerprint density at radius 2 is 1.58 bits per heavy atom. The Labute approximate surface area is 138 Å². The van der Waals surface area contributed by atoms with Crippen molar-refractivity contribution in [1.82, 2.24) is 9.13 Å². The molecule has 0 atom stereocenters. The van der Waals surface area contributed by atoms with Crippen molar-refractivity contribution in [3.05, 3.63) is 62.4 Å². The second kappa shape index (κ2) is 6.91. The number of amides is 1. The Morgan fingerprint density at radius 1 is 1.04 bits per heavy atom. The van der Waals surface area contributed by atoms with Gasteiger partial charge in [-0.25, -0.2) is 0 Å². The van der Waals surface area contributed by atoms with Crippen LogP contribution >= 0.6 is 11.6 Å². The molecule has 0 aliphatic heterocycles. The van der Waals surface area contributed by atoms with E-state index < -0.39 is 36.3 Å². The molecule has 0 spiro atoms. The third-order valence-electron chi connectivity index (χ3n) is 2.92. The number of aromatic nitrogens is 2. The number of carbonyl (C=O) groups is 1. The number of carbonyl (C=O) groups excluding carboxylic acids is 1. The zero-order chi connectivity index (χ0) is 17.9. The van der Waals surface area contributed by atoms with Gasteiger partial charge in [-0.15, -0.1) is 0 Å². The second-order valence-corrected chi connectivity index (χ2v) is 5.27. The van der Waals surface area contributed by atoms with Crippen molar-refractivity contribution >= 4 is 23.2 Å². The molecule has 2 aromatic rings. The predicted octanol–water partition coefficient (Wildman–Crippen LogP) is 1.86. The van der Waals surface area contributed by atoms with Crippen LogP contribution in [-0.2, 0) is 17.9 Å². The standard InChI is InChI=1S/C14H11ClF3N3O3/c15-9-1-3-10(4-2-9)19-11(22)7-20-5-6-21(8-14(16,17)18)13(24)12(20)23/h1-6H,7-8H2,(H,19,22). The minimum atomic E-state index is -4.63. The molecular formula is C14H11ClF3N3O3. The van der Waals surface area contributed by atoms with E-state index in [9.17, 15) is 27.6 Å². The van der Waals surface area contributed by atoms with E-state index in [1.54, 1.807) is 12.1 Å². The molecule has 0 fully saturated rings. The molecule has 0 saturated heterocycles. The van der Waals surface area contributed by atoms with Crippen LogP contribution in [0, 0.1) is 0 Å². The predicted molar refractivity (Wildman–Crippen MR) is 81.1 cm³/mol. The molecule has 1 amide bonds. The Kier molecular flexibility index (Phi) is 5.13. The number of anilines is 1. The summed E-state index contributed by atoms with van der Waals surface area (Å²) >= 11 is 5.70. The molecular weight excluding hydrogens is 351 g/mol. The summed E-state index contributed by atoms with van der Waals surface area (Å²) in [5.41, 5.74) is -2.15. The van der Waals surface area contributed by atoms with Crippen molar-refractivity contribution in [2.45, 2.75) is 19.3 Å². The summed E-state index contributed by atoms with van der Waals surface area (Å²) in [6.45, 7) is -2.08. The molecule has 0 aliphatic rings. The maximum absolute atomic E-state index is 12.3. The van der Waals surface area contributed by atoms with Gasteiger partial charge >= 0.3 is 17.3 Å². The number of hydrogen-bond acceptors (Lipinski definition) is 3. The normalized spacial score (nSPS) is 11.3. The zero-order valence-electron chi connectivity index (χ0n) is 12.0. The number of halogens is 4. The number of hydrogen-bond donors (Lipinski definition) is 1. The van der Waals surface area contributed by atoms with Gasteiger partial charge in [0, 0.05) is 23.1 Å². The first-order valence-corrected chi connectivity index (χ1v) is 6.95. The quantitative estimate of drug-likeness (QED) is 0.845. The molecule has 0 unspecified atom stereocenters. The molecule has 0 radical (unpaired) electrons. The Morgan fingerprint density at radius 3 is 2.17 bits per heavy atom. The fraction of sp³-hybridized carbons (Fsp3) is 0.214. The number of benzene rings is 1. The lowest BCUT2D eigenvalue weighted by atomic mass is 10.3. The van der Waals surface area contributed by atoms with Crippen LogP contribution in [0.25, 0.3) is 0 Å². The maximum atomic E-state index is 12.3. The lowest BCUT2D eigenvalue weighted by Gasteiger charge is -2.11. The van der Waals surface area contributed by atoms with Crippen molar-refractivity contribution in [2.75, 3.05) is 5.32 Å². The van der Waals surface area contributed by atoms with Crippen molar-refractivity contribution < 1.29 is 18.0 Å². The Bertz CT molecular complexity index is 857. The smallest absolute Gasteiger partial charge is 0.325 e. The third kappa shape index (κ3) is 4.72. The highest BCUT2D eigenvalue weighted by atomic mass is 35.5. The summed E-state index contributed by atoms with van der Waals surface area (Å²) in [7, 11) is 0. The third-order valence-corrected chi connectivity index (χ3v) is 3.17. The van der Waals surface area contributed by atoms with Crippen LogP contribution in [0.3, 0.4) is 0 Å². The van der Waals surface area contributed by atoms with Gasteiger partial charge in [0.15, 0.2) is 0 Å². The van der Waals surface area contributed by atoms with E-state index in [0.717, 1.165) is 17.0 Å². The molecule has 0 aliphatic carbocycles. The minimum Gasteiger partial charge on any atom is -0.325 e. The van der Waals surface area contributed by atoms with Crippen molar-refractivity contribution in [3.63, 3.8) is 0 Å². The lowest BCUT2D eigenvalue weighted by molar-refractivity contribution is -0.141. The molecule has 0 saturated carbocycles. The summed E-state index contributed by atoms with van der Waals surface area (Å²) in [5.74, 6) is -0.618.